The second kappa shape index (κ2) is 9.91. The number of nitrogens with zero attached hydrogens (tertiary/aromatic N) is 1. The highest BCUT2D eigenvalue weighted by Crippen LogP contribution is 2.41. The molecule has 0 bridgehead atoms. The molecule has 2 aromatic heterocycles. The molecule has 2 aromatic carbocycles. The summed E-state index contributed by atoms with van der Waals surface area (Å²) in [5, 5.41) is 0. The van der Waals surface area contributed by atoms with Gasteiger partial charge in [-0.3, -0.25) is 4.79 Å². The Bertz CT molecular complexity index is 1260. The van der Waals surface area contributed by atoms with Crippen molar-refractivity contribution in [1.29, 1.82) is 0 Å². The third-order valence-electron chi connectivity index (χ3n) is 4.88. The van der Waals surface area contributed by atoms with Crippen LogP contribution < -0.4 is 10.3 Å². The molecule has 0 aliphatic carbocycles. The summed E-state index contributed by atoms with van der Waals surface area (Å²) < 4.78 is 5.07. The molecule has 2 heterocycles. The first-order valence-electron chi connectivity index (χ1n) is 9.91. The molecule has 0 aliphatic rings. The van der Waals surface area contributed by atoms with Crippen LogP contribution in [-0.2, 0) is 5.75 Å². The van der Waals surface area contributed by atoms with Gasteiger partial charge >= 0.3 is 0 Å². The van der Waals surface area contributed by atoms with Crippen LogP contribution in [0.15, 0.2) is 80.1 Å². The quantitative estimate of drug-likeness (QED) is 0.146. The predicted octanol–water partition coefficient (Wildman–Crippen LogP) is 7.27. The lowest BCUT2D eigenvalue weighted by atomic mass is 10.1. The number of carbonyl (C=O) groups excluding carboxylic acids is 1. The number of thiophene rings is 1. The number of pyridine rings is 1. The topological polar surface area (TPSA) is 47.0 Å². The standard InChI is InChI=1S/C25H20Br2N2OS2/c1-15-11-16(2)13-29(12-15)22-21(28)24(23(30)18-5-9-20(27)10-6-18)32-25(22)31-14-17-3-7-19(26)8-4-17/h3-13H,14H2,1-2H3,(H-,28,30)/p+1. The van der Waals surface area contributed by atoms with Crippen LogP contribution in [0.1, 0.15) is 31.9 Å². The van der Waals surface area contributed by atoms with E-state index in [2.05, 4.69) is 80.9 Å². The molecule has 0 spiro atoms. The number of rotatable bonds is 6. The van der Waals surface area contributed by atoms with Gasteiger partial charge in [-0.15, -0.1) is 23.1 Å². The van der Waals surface area contributed by atoms with E-state index in [-0.39, 0.29) is 5.78 Å². The summed E-state index contributed by atoms with van der Waals surface area (Å²) in [4.78, 5) is 13.9. The highest BCUT2D eigenvalue weighted by atomic mass is 79.9. The van der Waals surface area contributed by atoms with E-state index in [1.807, 2.05) is 36.4 Å². The van der Waals surface area contributed by atoms with Crippen molar-refractivity contribution in [3.05, 3.63) is 103 Å². The average molecular weight is 589 g/mol. The highest BCUT2D eigenvalue weighted by Gasteiger charge is 2.29. The summed E-state index contributed by atoms with van der Waals surface area (Å²) in [6.45, 7) is 4.13. The molecule has 0 saturated heterocycles. The Hall–Kier alpha value is -1.93. The van der Waals surface area contributed by atoms with E-state index in [1.54, 1.807) is 11.8 Å². The second-order valence-electron chi connectivity index (χ2n) is 7.53. The third-order valence-corrected chi connectivity index (χ3v) is 8.46. The fourth-order valence-electron chi connectivity index (χ4n) is 3.43. The van der Waals surface area contributed by atoms with Gasteiger partial charge in [-0.1, -0.05) is 44.0 Å². The number of nitrogen functional groups attached to an aromatic ring is 1. The maximum Gasteiger partial charge on any atom is 0.259 e. The van der Waals surface area contributed by atoms with Gasteiger partial charge in [0.25, 0.3) is 5.69 Å². The first-order chi connectivity index (χ1) is 15.3. The van der Waals surface area contributed by atoms with Gasteiger partial charge in [0.15, 0.2) is 12.4 Å². The fraction of sp³-hybridized carbons (Fsp3) is 0.120. The Morgan fingerprint density at radius 2 is 1.53 bits per heavy atom. The summed E-state index contributed by atoms with van der Waals surface area (Å²) in [6, 6.07) is 17.8. The maximum atomic E-state index is 13.3. The van der Waals surface area contributed by atoms with Crippen molar-refractivity contribution in [2.75, 3.05) is 5.73 Å². The van der Waals surface area contributed by atoms with Gasteiger partial charge in [0, 0.05) is 31.4 Å². The Labute approximate surface area is 212 Å². The minimum absolute atomic E-state index is 0.0540. The molecule has 32 heavy (non-hydrogen) atoms. The average Bonchev–Trinajstić information content (AvgIpc) is 3.09. The number of halogens is 2. The minimum atomic E-state index is -0.0540. The molecular weight excluding hydrogens is 568 g/mol. The molecule has 0 amide bonds. The molecular formula is C25H21Br2N2OS2+. The summed E-state index contributed by atoms with van der Waals surface area (Å²) in [5.74, 6) is 0.735. The zero-order valence-electron chi connectivity index (χ0n) is 17.6. The molecule has 0 saturated carbocycles. The first-order valence-corrected chi connectivity index (χ1v) is 13.3. The Kier molecular flexibility index (Phi) is 7.20. The monoisotopic (exact) mass is 587 g/mol. The number of hydrogen-bond acceptors (Lipinski definition) is 4. The molecule has 2 N–H and O–H groups in total. The van der Waals surface area contributed by atoms with E-state index in [0.29, 0.717) is 16.1 Å². The number of aryl methyl sites for hydroxylation is 2. The van der Waals surface area contributed by atoms with E-state index in [0.717, 1.165) is 35.7 Å². The number of anilines is 1. The molecule has 0 aliphatic heterocycles. The van der Waals surface area contributed by atoms with E-state index < -0.39 is 0 Å². The van der Waals surface area contributed by atoms with Gasteiger partial charge in [-0.2, -0.15) is 4.57 Å². The summed E-state index contributed by atoms with van der Waals surface area (Å²) in [7, 11) is 0. The lowest BCUT2D eigenvalue weighted by Gasteiger charge is -2.03. The highest BCUT2D eigenvalue weighted by molar-refractivity contribution is 9.10. The number of carbonyl (C=O) groups is 1. The van der Waals surface area contributed by atoms with Crippen molar-refractivity contribution >= 4 is 66.4 Å². The first kappa shape index (κ1) is 23.2. The summed E-state index contributed by atoms with van der Waals surface area (Å²) in [5.41, 5.74) is 12.2. The van der Waals surface area contributed by atoms with Crippen molar-refractivity contribution in [3.63, 3.8) is 0 Å². The zero-order valence-corrected chi connectivity index (χ0v) is 22.4. The smallest absolute Gasteiger partial charge is 0.259 e. The normalized spacial score (nSPS) is 11.0. The van der Waals surface area contributed by atoms with Gasteiger partial charge in [0.2, 0.25) is 5.78 Å². The lowest BCUT2D eigenvalue weighted by Crippen LogP contribution is -2.32. The van der Waals surface area contributed by atoms with Crippen LogP contribution in [0.3, 0.4) is 0 Å². The summed E-state index contributed by atoms with van der Waals surface area (Å²) >= 11 is 10.1. The molecule has 162 valence electrons. The van der Waals surface area contributed by atoms with Crippen molar-refractivity contribution < 1.29 is 9.36 Å². The number of hydrogen-bond donors (Lipinski definition) is 1. The van der Waals surface area contributed by atoms with Gasteiger partial charge in [-0.05, 0) is 61.9 Å². The number of thioether (sulfide) groups is 1. The molecule has 0 radical (unpaired) electrons. The van der Waals surface area contributed by atoms with Gasteiger partial charge in [0.05, 0.1) is 0 Å². The van der Waals surface area contributed by atoms with Crippen molar-refractivity contribution in [3.8, 4) is 5.69 Å². The fourth-order valence-corrected chi connectivity index (χ4v) is 6.37. The van der Waals surface area contributed by atoms with Gasteiger partial charge in [-0.25, -0.2) is 0 Å². The van der Waals surface area contributed by atoms with Crippen LogP contribution >= 0.6 is 55.0 Å². The van der Waals surface area contributed by atoms with E-state index in [9.17, 15) is 4.79 Å². The molecule has 7 heteroatoms. The Balaban J connectivity index is 1.77. The molecule has 0 fully saturated rings. The largest absolute Gasteiger partial charge is 0.392 e. The van der Waals surface area contributed by atoms with Crippen LogP contribution in [0, 0.1) is 13.8 Å². The van der Waals surface area contributed by atoms with Crippen LogP contribution in [-0.4, -0.2) is 5.78 Å². The van der Waals surface area contributed by atoms with Crippen molar-refractivity contribution in [2.24, 2.45) is 0 Å². The van der Waals surface area contributed by atoms with Crippen molar-refractivity contribution in [1.82, 2.24) is 0 Å². The maximum absolute atomic E-state index is 13.3. The van der Waals surface area contributed by atoms with Crippen LogP contribution in [0.5, 0.6) is 0 Å². The molecule has 3 nitrogen and oxygen atoms in total. The van der Waals surface area contributed by atoms with E-state index >= 15 is 0 Å². The Morgan fingerprint density at radius 3 is 2.12 bits per heavy atom. The molecule has 4 aromatic rings. The SMILES string of the molecule is Cc1cc(C)c[n+](-c2c(SCc3ccc(Br)cc3)sc(C(=O)c3ccc(Br)cc3)c2N)c1. The van der Waals surface area contributed by atoms with E-state index in [4.69, 9.17) is 5.73 Å². The predicted molar refractivity (Wildman–Crippen MR) is 141 cm³/mol. The van der Waals surface area contributed by atoms with E-state index in [1.165, 1.54) is 16.9 Å². The van der Waals surface area contributed by atoms with Crippen molar-refractivity contribution in [2.45, 2.75) is 23.8 Å². The van der Waals surface area contributed by atoms with Crippen LogP contribution in [0.2, 0.25) is 0 Å². The number of nitrogens with two attached hydrogens (primary N) is 1. The van der Waals surface area contributed by atoms with Crippen LogP contribution in [0.25, 0.3) is 5.69 Å². The summed E-state index contributed by atoms with van der Waals surface area (Å²) in [6.07, 6.45) is 4.12. The number of benzene rings is 2. The molecule has 4 rings (SSSR count). The molecule has 0 unspecified atom stereocenters. The zero-order chi connectivity index (χ0) is 22.8. The number of ketones is 1. The van der Waals surface area contributed by atoms with Gasteiger partial charge in [0.1, 0.15) is 14.8 Å². The molecule has 0 atom stereocenters. The lowest BCUT2D eigenvalue weighted by molar-refractivity contribution is -0.597. The van der Waals surface area contributed by atoms with Crippen LogP contribution in [0.4, 0.5) is 5.69 Å². The number of aromatic nitrogens is 1. The van der Waals surface area contributed by atoms with Gasteiger partial charge < -0.3 is 5.73 Å². The third kappa shape index (κ3) is 5.17. The second-order valence-corrected chi connectivity index (χ2v) is 11.6. The Morgan fingerprint density at radius 1 is 0.969 bits per heavy atom. The minimum Gasteiger partial charge on any atom is -0.392 e.